The van der Waals surface area contributed by atoms with Gasteiger partial charge in [-0.3, -0.25) is 0 Å². The van der Waals surface area contributed by atoms with E-state index in [0.29, 0.717) is 18.3 Å². The van der Waals surface area contributed by atoms with Crippen LogP contribution in [0, 0.1) is 0 Å². The summed E-state index contributed by atoms with van der Waals surface area (Å²) in [6.45, 7) is 2.19. The van der Waals surface area contributed by atoms with E-state index in [1.54, 1.807) is 19.4 Å². The van der Waals surface area contributed by atoms with E-state index < -0.39 is 0 Å². The number of nitrogens with zero attached hydrogens (tertiary/aromatic N) is 2. The number of imidazole rings is 1. The minimum Gasteiger partial charge on any atom is -0.461 e. The second kappa shape index (κ2) is 3.20. The average Bonchev–Trinajstić information content (AvgIpc) is 2.84. The van der Waals surface area contributed by atoms with E-state index in [1.165, 1.54) is 12.8 Å². The lowest BCUT2D eigenvalue weighted by molar-refractivity contribution is 0.0520. The van der Waals surface area contributed by atoms with Crippen molar-refractivity contribution in [1.29, 1.82) is 0 Å². The first-order valence-corrected chi connectivity index (χ1v) is 4.52. The summed E-state index contributed by atoms with van der Waals surface area (Å²) in [5, 5.41) is 0. The highest BCUT2D eigenvalue weighted by Crippen LogP contribution is 2.34. The number of ether oxygens (including phenoxy) is 1. The molecular weight excluding hydrogens is 168 g/mol. The highest BCUT2D eigenvalue weighted by molar-refractivity contribution is 5.86. The average molecular weight is 180 g/mol. The third-order valence-corrected chi connectivity index (χ3v) is 2.05. The van der Waals surface area contributed by atoms with Crippen LogP contribution in [0.1, 0.15) is 36.3 Å². The van der Waals surface area contributed by atoms with Crippen molar-refractivity contribution < 1.29 is 9.53 Å². The van der Waals surface area contributed by atoms with Crippen molar-refractivity contribution in [3.63, 3.8) is 0 Å². The molecule has 1 saturated carbocycles. The van der Waals surface area contributed by atoms with Crippen LogP contribution in [0.15, 0.2) is 12.5 Å². The Balaban J connectivity index is 2.07. The molecule has 0 atom stereocenters. The highest BCUT2D eigenvalue weighted by Gasteiger charge is 2.24. The zero-order chi connectivity index (χ0) is 9.26. The standard InChI is InChI=1S/C9H12N2O2/c1-2-13-9(12)8-5-11(6-10-8)7-3-4-7/h5-7H,2-4H2,1H3. The predicted molar refractivity (Wildman–Crippen MR) is 46.5 cm³/mol. The van der Waals surface area contributed by atoms with Crippen LogP contribution in [-0.4, -0.2) is 22.1 Å². The molecule has 0 bridgehead atoms. The van der Waals surface area contributed by atoms with Crippen LogP contribution in [0.4, 0.5) is 0 Å². The van der Waals surface area contributed by atoms with Crippen molar-refractivity contribution in [2.45, 2.75) is 25.8 Å². The van der Waals surface area contributed by atoms with Crippen LogP contribution < -0.4 is 0 Å². The summed E-state index contributed by atoms with van der Waals surface area (Å²) >= 11 is 0. The largest absolute Gasteiger partial charge is 0.461 e. The molecule has 0 N–H and O–H groups in total. The maximum absolute atomic E-state index is 11.2. The molecule has 0 saturated heterocycles. The van der Waals surface area contributed by atoms with Gasteiger partial charge in [-0.1, -0.05) is 0 Å². The first kappa shape index (κ1) is 8.29. The van der Waals surface area contributed by atoms with Gasteiger partial charge in [0.1, 0.15) is 0 Å². The molecule has 4 nitrogen and oxygen atoms in total. The maximum Gasteiger partial charge on any atom is 0.358 e. The van der Waals surface area contributed by atoms with Crippen molar-refractivity contribution in [3.8, 4) is 0 Å². The SMILES string of the molecule is CCOC(=O)c1cn(C2CC2)cn1. The molecule has 70 valence electrons. The Labute approximate surface area is 76.5 Å². The predicted octanol–water partition coefficient (Wildman–Crippen LogP) is 1.39. The lowest BCUT2D eigenvalue weighted by Crippen LogP contribution is -2.04. The molecule has 0 aromatic carbocycles. The summed E-state index contributed by atoms with van der Waals surface area (Å²) in [6.07, 6.45) is 5.84. The number of hydrogen-bond acceptors (Lipinski definition) is 3. The van der Waals surface area contributed by atoms with E-state index in [9.17, 15) is 4.79 Å². The van der Waals surface area contributed by atoms with Gasteiger partial charge in [0.15, 0.2) is 5.69 Å². The Bertz CT molecular complexity index is 315. The van der Waals surface area contributed by atoms with Crippen molar-refractivity contribution in [1.82, 2.24) is 9.55 Å². The van der Waals surface area contributed by atoms with E-state index in [2.05, 4.69) is 4.98 Å². The van der Waals surface area contributed by atoms with Gasteiger partial charge in [-0.15, -0.1) is 0 Å². The molecule has 1 aromatic rings. The summed E-state index contributed by atoms with van der Waals surface area (Å²) in [7, 11) is 0. The van der Waals surface area contributed by atoms with Crippen molar-refractivity contribution in [3.05, 3.63) is 18.2 Å². The molecule has 0 unspecified atom stereocenters. The second-order valence-electron chi connectivity index (χ2n) is 3.16. The van der Waals surface area contributed by atoms with Gasteiger partial charge >= 0.3 is 5.97 Å². The van der Waals surface area contributed by atoms with E-state index in [-0.39, 0.29) is 5.97 Å². The third-order valence-electron chi connectivity index (χ3n) is 2.05. The van der Waals surface area contributed by atoms with Gasteiger partial charge in [0.25, 0.3) is 0 Å². The van der Waals surface area contributed by atoms with Gasteiger partial charge in [-0.2, -0.15) is 0 Å². The Morgan fingerprint density at radius 1 is 1.77 bits per heavy atom. The topological polar surface area (TPSA) is 44.1 Å². The number of carbonyl (C=O) groups excluding carboxylic acids is 1. The molecule has 1 heterocycles. The summed E-state index contributed by atoms with van der Waals surface area (Å²) in [5.41, 5.74) is 0.411. The van der Waals surface area contributed by atoms with E-state index in [4.69, 9.17) is 4.74 Å². The Kier molecular flexibility index (Phi) is 2.04. The van der Waals surface area contributed by atoms with Gasteiger partial charge in [0, 0.05) is 12.2 Å². The number of carbonyl (C=O) groups is 1. The van der Waals surface area contributed by atoms with Gasteiger partial charge in [-0.25, -0.2) is 9.78 Å². The molecule has 1 aromatic heterocycles. The molecule has 1 fully saturated rings. The van der Waals surface area contributed by atoms with Crippen LogP contribution in [0.3, 0.4) is 0 Å². The van der Waals surface area contributed by atoms with Crippen molar-refractivity contribution in [2.75, 3.05) is 6.61 Å². The maximum atomic E-state index is 11.2. The normalized spacial score (nSPS) is 15.8. The Morgan fingerprint density at radius 2 is 2.54 bits per heavy atom. The molecule has 0 amide bonds. The van der Waals surface area contributed by atoms with Gasteiger partial charge in [0.2, 0.25) is 0 Å². The number of esters is 1. The summed E-state index contributed by atoms with van der Waals surface area (Å²) in [5.74, 6) is -0.332. The molecule has 0 aliphatic heterocycles. The summed E-state index contributed by atoms with van der Waals surface area (Å²) in [6, 6.07) is 0.565. The molecule has 2 rings (SSSR count). The third kappa shape index (κ3) is 1.71. The molecule has 1 aliphatic carbocycles. The van der Waals surface area contributed by atoms with Crippen LogP contribution in [0.25, 0.3) is 0 Å². The lowest BCUT2D eigenvalue weighted by Gasteiger charge is -1.96. The highest BCUT2D eigenvalue weighted by atomic mass is 16.5. The smallest absolute Gasteiger partial charge is 0.358 e. The van der Waals surface area contributed by atoms with E-state index in [0.717, 1.165) is 0 Å². The molecule has 13 heavy (non-hydrogen) atoms. The fourth-order valence-corrected chi connectivity index (χ4v) is 1.22. The fourth-order valence-electron chi connectivity index (χ4n) is 1.22. The van der Waals surface area contributed by atoms with Crippen molar-refractivity contribution >= 4 is 5.97 Å². The van der Waals surface area contributed by atoms with Crippen LogP contribution in [-0.2, 0) is 4.74 Å². The fraction of sp³-hybridized carbons (Fsp3) is 0.556. The quantitative estimate of drug-likeness (QED) is 0.660. The summed E-state index contributed by atoms with van der Waals surface area (Å²) < 4.78 is 6.81. The Hall–Kier alpha value is -1.32. The molecule has 0 spiro atoms. The zero-order valence-corrected chi connectivity index (χ0v) is 7.56. The molecule has 0 radical (unpaired) electrons. The first-order valence-electron chi connectivity index (χ1n) is 4.52. The van der Waals surface area contributed by atoms with Crippen molar-refractivity contribution in [2.24, 2.45) is 0 Å². The molecule has 1 aliphatic rings. The van der Waals surface area contributed by atoms with E-state index >= 15 is 0 Å². The lowest BCUT2D eigenvalue weighted by atomic mass is 10.5. The first-order chi connectivity index (χ1) is 6.31. The number of aromatic nitrogens is 2. The number of hydrogen-bond donors (Lipinski definition) is 0. The number of rotatable bonds is 3. The summed E-state index contributed by atoms with van der Waals surface area (Å²) in [4.78, 5) is 15.2. The van der Waals surface area contributed by atoms with E-state index in [1.807, 2.05) is 4.57 Å². The van der Waals surface area contributed by atoms with Gasteiger partial charge in [-0.05, 0) is 19.8 Å². The van der Waals surface area contributed by atoms with Crippen LogP contribution in [0.2, 0.25) is 0 Å². The van der Waals surface area contributed by atoms with Crippen LogP contribution in [0.5, 0.6) is 0 Å². The van der Waals surface area contributed by atoms with Crippen LogP contribution >= 0.6 is 0 Å². The minimum absolute atomic E-state index is 0.332. The molecule has 4 heteroatoms. The van der Waals surface area contributed by atoms with Gasteiger partial charge in [0.05, 0.1) is 12.9 Å². The second-order valence-corrected chi connectivity index (χ2v) is 3.16. The monoisotopic (exact) mass is 180 g/mol. The zero-order valence-electron chi connectivity index (χ0n) is 7.56. The minimum atomic E-state index is -0.332. The molecular formula is C9H12N2O2. The van der Waals surface area contributed by atoms with Gasteiger partial charge < -0.3 is 9.30 Å². The Morgan fingerprint density at radius 3 is 3.15 bits per heavy atom.